The van der Waals surface area contributed by atoms with E-state index in [1.165, 1.54) is 0 Å². The van der Waals surface area contributed by atoms with Gasteiger partial charge in [0.25, 0.3) is 5.91 Å². The van der Waals surface area contributed by atoms with Gasteiger partial charge in [-0.1, -0.05) is 18.1 Å². The van der Waals surface area contributed by atoms with Crippen molar-refractivity contribution in [2.24, 2.45) is 0 Å². The molecule has 0 spiro atoms. The van der Waals surface area contributed by atoms with Gasteiger partial charge in [0.05, 0.1) is 0 Å². The van der Waals surface area contributed by atoms with Gasteiger partial charge in [-0.2, -0.15) is 0 Å². The van der Waals surface area contributed by atoms with E-state index in [1.807, 2.05) is 32.2 Å². The molecule has 2 aromatic rings. The summed E-state index contributed by atoms with van der Waals surface area (Å²) in [5.74, 6) is 1.68. The number of aryl methyl sites for hydroxylation is 2. The number of aromatic nitrogens is 2. The zero-order chi connectivity index (χ0) is 17.8. The highest BCUT2D eigenvalue weighted by Crippen LogP contribution is 2.22. The van der Waals surface area contributed by atoms with Gasteiger partial charge in [-0.05, 0) is 38.3 Å². The molecule has 6 nitrogen and oxygen atoms in total. The van der Waals surface area contributed by atoms with E-state index in [0.29, 0.717) is 5.69 Å². The van der Waals surface area contributed by atoms with Gasteiger partial charge in [-0.25, -0.2) is 4.98 Å². The van der Waals surface area contributed by atoms with Crippen molar-refractivity contribution in [1.82, 2.24) is 15.0 Å². The third-order valence-corrected chi connectivity index (χ3v) is 4.74. The number of hydrogen-bond donors (Lipinski definition) is 0. The summed E-state index contributed by atoms with van der Waals surface area (Å²) in [4.78, 5) is 21.4. The third kappa shape index (κ3) is 4.00. The molecule has 134 valence electrons. The second kappa shape index (κ2) is 7.68. The molecule has 1 atom stereocenters. The fraction of sp³-hybridized carbons (Fsp3) is 0.526. The van der Waals surface area contributed by atoms with Crippen molar-refractivity contribution in [3.05, 3.63) is 41.4 Å². The molecule has 1 amide bonds. The molecule has 0 N–H and O–H groups in total. The molecule has 0 radical (unpaired) electrons. The summed E-state index contributed by atoms with van der Waals surface area (Å²) in [6.07, 6.45) is 3.81. The van der Waals surface area contributed by atoms with Crippen molar-refractivity contribution >= 4 is 11.7 Å². The van der Waals surface area contributed by atoms with E-state index in [9.17, 15) is 4.79 Å². The minimum atomic E-state index is -0.0739. The van der Waals surface area contributed by atoms with E-state index in [0.717, 1.165) is 56.0 Å². The normalized spacial score (nSPS) is 17.6. The first-order valence-electron chi connectivity index (χ1n) is 9.00. The number of nitrogens with zero attached hydrogens (tertiary/aromatic N) is 4. The number of carbonyl (C=O) groups is 1. The third-order valence-electron chi connectivity index (χ3n) is 4.74. The number of carbonyl (C=O) groups excluding carboxylic acids is 1. The molecule has 3 rings (SSSR count). The quantitative estimate of drug-likeness (QED) is 0.835. The van der Waals surface area contributed by atoms with Crippen LogP contribution < -0.4 is 4.90 Å². The molecule has 1 unspecified atom stereocenters. The molecule has 1 fully saturated rings. The predicted octanol–water partition coefficient (Wildman–Crippen LogP) is 3.07. The Hall–Kier alpha value is -2.37. The molecule has 0 aromatic carbocycles. The van der Waals surface area contributed by atoms with Crippen molar-refractivity contribution in [3.8, 4) is 0 Å². The maximum Gasteiger partial charge on any atom is 0.276 e. The number of piperidine rings is 1. The molecular formula is C19H26N4O2. The van der Waals surface area contributed by atoms with Crippen molar-refractivity contribution < 1.29 is 9.32 Å². The number of anilines is 1. The monoisotopic (exact) mass is 342 g/mol. The van der Waals surface area contributed by atoms with Crippen LogP contribution in [0.4, 0.5) is 5.82 Å². The van der Waals surface area contributed by atoms with Gasteiger partial charge in [0, 0.05) is 44.4 Å². The van der Waals surface area contributed by atoms with E-state index in [4.69, 9.17) is 4.52 Å². The van der Waals surface area contributed by atoms with E-state index < -0.39 is 0 Å². The van der Waals surface area contributed by atoms with Crippen molar-refractivity contribution in [3.63, 3.8) is 0 Å². The number of pyridine rings is 1. The highest BCUT2D eigenvalue weighted by molar-refractivity contribution is 5.92. The van der Waals surface area contributed by atoms with Gasteiger partial charge in [0.15, 0.2) is 5.69 Å². The van der Waals surface area contributed by atoms with Gasteiger partial charge >= 0.3 is 0 Å². The summed E-state index contributed by atoms with van der Waals surface area (Å²) < 4.78 is 5.25. The first-order chi connectivity index (χ1) is 12.1. The minimum Gasteiger partial charge on any atom is -0.361 e. The van der Waals surface area contributed by atoms with E-state index in [2.05, 4.69) is 22.0 Å². The fourth-order valence-corrected chi connectivity index (χ4v) is 3.31. The van der Waals surface area contributed by atoms with Crippen LogP contribution in [0, 0.1) is 6.92 Å². The van der Waals surface area contributed by atoms with Crippen LogP contribution in [0.2, 0.25) is 0 Å². The summed E-state index contributed by atoms with van der Waals surface area (Å²) in [5.41, 5.74) is 1.41. The topological polar surface area (TPSA) is 62.5 Å². The lowest BCUT2D eigenvalue weighted by Crippen LogP contribution is -2.49. The molecule has 1 aliphatic heterocycles. The maximum atomic E-state index is 12.7. The van der Waals surface area contributed by atoms with Gasteiger partial charge in [0.1, 0.15) is 11.6 Å². The SMILES string of the molecule is CCCc1cc(C(=O)N(C)C2CCCN(c3cccc(C)n3)C2)no1. The highest BCUT2D eigenvalue weighted by Gasteiger charge is 2.28. The van der Waals surface area contributed by atoms with Crippen molar-refractivity contribution in [1.29, 1.82) is 0 Å². The molecule has 0 aliphatic carbocycles. The molecular weight excluding hydrogens is 316 g/mol. The lowest BCUT2D eigenvalue weighted by molar-refractivity contribution is 0.0706. The van der Waals surface area contributed by atoms with Gasteiger partial charge in [-0.3, -0.25) is 4.79 Å². The molecule has 0 saturated carbocycles. The standard InChI is InChI=1S/C19H26N4O2/c1-4-7-16-12-17(21-25-16)19(24)22(3)15-9-6-11-23(13-15)18-10-5-8-14(2)20-18/h5,8,10,12,15H,4,6-7,9,11,13H2,1-3H3. The average Bonchev–Trinajstić information content (AvgIpc) is 3.09. The summed E-state index contributed by atoms with van der Waals surface area (Å²) in [6.45, 7) is 5.84. The van der Waals surface area contributed by atoms with Crippen LogP contribution in [0.1, 0.15) is 48.1 Å². The molecule has 25 heavy (non-hydrogen) atoms. The smallest absolute Gasteiger partial charge is 0.276 e. The Kier molecular flexibility index (Phi) is 5.36. The molecule has 0 bridgehead atoms. The van der Waals surface area contributed by atoms with E-state index in [-0.39, 0.29) is 11.9 Å². The second-order valence-electron chi connectivity index (χ2n) is 6.72. The summed E-state index contributed by atoms with van der Waals surface area (Å²) in [6, 6.07) is 7.98. The van der Waals surface area contributed by atoms with Gasteiger partial charge in [-0.15, -0.1) is 0 Å². The largest absolute Gasteiger partial charge is 0.361 e. The van der Waals surface area contributed by atoms with Crippen LogP contribution in [0.15, 0.2) is 28.8 Å². The Morgan fingerprint density at radius 2 is 2.28 bits per heavy atom. The van der Waals surface area contributed by atoms with Gasteiger partial charge < -0.3 is 14.3 Å². The van der Waals surface area contributed by atoms with Crippen LogP contribution >= 0.6 is 0 Å². The summed E-state index contributed by atoms with van der Waals surface area (Å²) in [7, 11) is 1.86. The number of amides is 1. The summed E-state index contributed by atoms with van der Waals surface area (Å²) in [5, 5.41) is 3.95. The number of likely N-dealkylation sites (N-methyl/N-ethyl adjacent to an activating group) is 1. The fourth-order valence-electron chi connectivity index (χ4n) is 3.31. The Labute approximate surface area is 148 Å². The molecule has 2 aromatic heterocycles. The minimum absolute atomic E-state index is 0.0739. The lowest BCUT2D eigenvalue weighted by Gasteiger charge is -2.38. The Morgan fingerprint density at radius 1 is 1.44 bits per heavy atom. The zero-order valence-electron chi connectivity index (χ0n) is 15.2. The first-order valence-corrected chi connectivity index (χ1v) is 9.00. The van der Waals surface area contributed by atoms with Crippen molar-refractivity contribution in [2.75, 3.05) is 25.0 Å². The van der Waals surface area contributed by atoms with Crippen LogP contribution in [0.25, 0.3) is 0 Å². The Balaban J connectivity index is 1.68. The van der Waals surface area contributed by atoms with Gasteiger partial charge in [0.2, 0.25) is 0 Å². The number of hydrogen-bond acceptors (Lipinski definition) is 5. The molecule has 1 saturated heterocycles. The van der Waals surface area contributed by atoms with Crippen LogP contribution in [0.3, 0.4) is 0 Å². The summed E-state index contributed by atoms with van der Waals surface area (Å²) >= 11 is 0. The molecule has 1 aliphatic rings. The second-order valence-corrected chi connectivity index (χ2v) is 6.72. The Morgan fingerprint density at radius 3 is 3.04 bits per heavy atom. The highest BCUT2D eigenvalue weighted by atomic mass is 16.5. The maximum absolute atomic E-state index is 12.7. The average molecular weight is 342 g/mol. The number of rotatable bonds is 5. The lowest BCUT2D eigenvalue weighted by atomic mass is 10.0. The first kappa shape index (κ1) is 17.5. The molecule has 3 heterocycles. The Bertz CT molecular complexity index is 728. The van der Waals surface area contributed by atoms with Crippen LogP contribution in [-0.2, 0) is 6.42 Å². The van der Waals surface area contributed by atoms with E-state index >= 15 is 0 Å². The van der Waals surface area contributed by atoms with E-state index in [1.54, 1.807) is 11.0 Å². The predicted molar refractivity (Wildman–Crippen MR) is 96.8 cm³/mol. The van der Waals surface area contributed by atoms with Crippen molar-refractivity contribution in [2.45, 2.75) is 45.6 Å². The zero-order valence-corrected chi connectivity index (χ0v) is 15.2. The molecule has 6 heteroatoms. The van der Waals surface area contributed by atoms with Crippen LogP contribution in [-0.4, -0.2) is 47.1 Å². The van der Waals surface area contributed by atoms with Crippen LogP contribution in [0.5, 0.6) is 0 Å².